The Morgan fingerprint density at radius 2 is 2.10 bits per heavy atom. The second-order valence-electron chi connectivity index (χ2n) is 7.05. The first-order valence-corrected chi connectivity index (χ1v) is 9.81. The van der Waals surface area contributed by atoms with Crippen molar-refractivity contribution < 1.29 is 13.9 Å². The fourth-order valence-corrected chi connectivity index (χ4v) is 3.29. The Kier molecular flexibility index (Phi) is 5.79. The number of nitrogens with zero attached hydrogens (tertiary/aromatic N) is 3. The van der Waals surface area contributed by atoms with Crippen molar-refractivity contribution >= 4 is 23.1 Å². The number of benzene rings is 2. The Labute approximate surface area is 178 Å². The standard InChI is InChI=1S/C23H22FN5O2/c1-15-6-7-18(24)19(12-15)27-21(30)8-9-26-23-22(16-4-3-5-17(13-16)31-2)28-20-14-25-10-11-29(20)23/h3-7,10-14,26H,8-9H2,1-2H3,(H,27,30). The van der Waals surface area contributed by atoms with Crippen LogP contribution < -0.4 is 15.4 Å². The number of rotatable bonds is 7. The molecule has 0 atom stereocenters. The lowest BCUT2D eigenvalue weighted by Gasteiger charge is -2.10. The van der Waals surface area contributed by atoms with Crippen molar-refractivity contribution in [2.45, 2.75) is 13.3 Å². The van der Waals surface area contributed by atoms with Crippen LogP contribution in [0.3, 0.4) is 0 Å². The lowest BCUT2D eigenvalue weighted by molar-refractivity contribution is -0.116. The third-order valence-corrected chi connectivity index (χ3v) is 4.81. The van der Waals surface area contributed by atoms with Crippen LogP contribution in [0.15, 0.2) is 61.1 Å². The second kappa shape index (κ2) is 8.83. The Bertz CT molecular complexity index is 1240. The van der Waals surface area contributed by atoms with Crippen LogP contribution >= 0.6 is 0 Å². The van der Waals surface area contributed by atoms with Gasteiger partial charge in [0.15, 0.2) is 5.65 Å². The Morgan fingerprint density at radius 3 is 2.94 bits per heavy atom. The zero-order chi connectivity index (χ0) is 21.8. The number of carbonyl (C=O) groups is 1. The summed E-state index contributed by atoms with van der Waals surface area (Å²) in [5.74, 6) is 0.718. The quantitative estimate of drug-likeness (QED) is 0.467. The molecule has 4 rings (SSSR count). The molecular weight excluding hydrogens is 397 g/mol. The highest BCUT2D eigenvalue weighted by Gasteiger charge is 2.15. The van der Waals surface area contributed by atoms with Crippen molar-refractivity contribution in [1.29, 1.82) is 0 Å². The van der Waals surface area contributed by atoms with E-state index in [4.69, 9.17) is 4.74 Å². The number of hydrogen-bond donors (Lipinski definition) is 2. The third kappa shape index (κ3) is 4.48. The number of hydrogen-bond acceptors (Lipinski definition) is 5. The van der Waals surface area contributed by atoms with Crippen molar-refractivity contribution in [2.75, 3.05) is 24.3 Å². The number of ether oxygens (including phenoxy) is 1. The Morgan fingerprint density at radius 1 is 1.23 bits per heavy atom. The highest BCUT2D eigenvalue weighted by molar-refractivity contribution is 5.91. The van der Waals surface area contributed by atoms with Gasteiger partial charge in [0.1, 0.15) is 23.1 Å². The molecule has 0 spiro atoms. The van der Waals surface area contributed by atoms with Gasteiger partial charge in [-0.05, 0) is 36.8 Å². The first-order chi connectivity index (χ1) is 15.0. The van der Waals surface area contributed by atoms with E-state index in [1.54, 1.807) is 37.8 Å². The van der Waals surface area contributed by atoms with Gasteiger partial charge >= 0.3 is 0 Å². The maximum Gasteiger partial charge on any atom is 0.226 e. The lowest BCUT2D eigenvalue weighted by atomic mass is 10.1. The predicted molar refractivity (Wildman–Crippen MR) is 118 cm³/mol. The number of aromatic nitrogens is 3. The van der Waals surface area contributed by atoms with Crippen LogP contribution in [0.1, 0.15) is 12.0 Å². The molecule has 2 aromatic carbocycles. The number of nitrogens with one attached hydrogen (secondary N) is 2. The van der Waals surface area contributed by atoms with Crippen LogP contribution in [-0.2, 0) is 4.79 Å². The Balaban J connectivity index is 1.52. The molecule has 2 aromatic heterocycles. The van der Waals surface area contributed by atoms with Gasteiger partial charge in [0, 0.05) is 30.9 Å². The summed E-state index contributed by atoms with van der Waals surface area (Å²) in [4.78, 5) is 21.1. The van der Waals surface area contributed by atoms with E-state index >= 15 is 0 Å². The molecule has 31 heavy (non-hydrogen) atoms. The van der Waals surface area contributed by atoms with Gasteiger partial charge in [-0.2, -0.15) is 0 Å². The number of anilines is 2. The monoisotopic (exact) mass is 419 g/mol. The van der Waals surface area contributed by atoms with Gasteiger partial charge in [0.2, 0.25) is 5.91 Å². The number of amides is 1. The molecule has 4 aromatic rings. The molecule has 2 N–H and O–H groups in total. The maximum atomic E-state index is 13.9. The minimum absolute atomic E-state index is 0.156. The average Bonchev–Trinajstić information content (AvgIpc) is 3.15. The zero-order valence-electron chi connectivity index (χ0n) is 17.2. The topological polar surface area (TPSA) is 80.6 Å². The SMILES string of the molecule is COc1cccc(-c2nc3cnccn3c2NCCC(=O)Nc2cc(C)ccc2F)c1. The van der Waals surface area contributed by atoms with E-state index in [9.17, 15) is 9.18 Å². The highest BCUT2D eigenvalue weighted by atomic mass is 19.1. The molecule has 2 heterocycles. The van der Waals surface area contributed by atoms with E-state index in [1.807, 2.05) is 35.6 Å². The number of carbonyl (C=O) groups excluding carboxylic acids is 1. The van der Waals surface area contributed by atoms with Crippen LogP contribution in [0.2, 0.25) is 0 Å². The van der Waals surface area contributed by atoms with Gasteiger partial charge in [-0.3, -0.25) is 14.2 Å². The predicted octanol–water partition coefficient (Wildman–Crippen LogP) is 4.29. The molecule has 0 unspecified atom stereocenters. The summed E-state index contributed by atoms with van der Waals surface area (Å²) in [7, 11) is 1.61. The fraction of sp³-hybridized carbons (Fsp3) is 0.174. The summed E-state index contributed by atoms with van der Waals surface area (Å²) < 4.78 is 21.1. The number of halogens is 1. The van der Waals surface area contributed by atoms with Crippen molar-refractivity contribution in [3.05, 3.63) is 72.4 Å². The molecule has 0 saturated carbocycles. The van der Waals surface area contributed by atoms with Crippen molar-refractivity contribution in [3.8, 4) is 17.0 Å². The second-order valence-corrected chi connectivity index (χ2v) is 7.05. The van der Waals surface area contributed by atoms with Crippen LogP contribution in [0.25, 0.3) is 16.9 Å². The average molecular weight is 419 g/mol. The number of aryl methyl sites for hydroxylation is 1. The molecule has 1 amide bonds. The zero-order valence-corrected chi connectivity index (χ0v) is 17.2. The van der Waals surface area contributed by atoms with Crippen LogP contribution in [0.5, 0.6) is 5.75 Å². The van der Waals surface area contributed by atoms with Crippen molar-refractivity contribution in [3.63, 3.8) is 0 Å². The Hall–Kier alpha value is -3.94. The summed E-state index contributed by atoms with van der Waals surface area (Å²) >= 11 is 0. The minimum Gasteiger partial charge on any atom is -0.497 e. The summed E-state index contributed by atoms with van der Waals surface area (Å²) in [6.45, 7) is 2.18. The minimum atomic E-state index is -0.457. The molecule has 0 aliphatic rings. The van der Waals surface area contributed by atoms with Gasteiger partial charge in [-0.15, -0.1) is 0 Å². The molecule has 0 saturated heterocycles. The van der Waals surface area contributed by atoms with Crippen LogP contribution in [0, 0.1) is 12.7 Å². The van der Waals surface area contributed by atoms with Crippen LogP contribution in [0.4, 0.5) is 15.9 Å². The van der Waals surface area contributed by atoms with Crippen LogP contribution in [-0.4, -0.2) is 33.9 Å². The summed E-state index contributed by atoms with van der Waals surface area (Å²) in [5, 5.41) is 5.92. The van der Waals surface area contributed by atoms with Gasteiger partial charge in [-0.1, -0.05) is 18.2 Å². The molecule has 8 heteroatoms. The van der Waals surface area contributed by atoms with Crippen molar-refractivity contribution in [1.82, 2.24) is 14.4 Å². The number of imidazole rings is 1. The third-order valence-electron chi connectivity index (χ3n) is 4.81. The molecular formula is C23H22FN5O2. The smallest absolute Gasteiger partial charge is 0.226 e. The molecule has 0 radical (unpaired) electrons. The summed E-state index contributed by atoms with van der Waals surface area (Å²) in [6, 6.07) is 12.2. The highest BCUT2D eigenvalue weighted by Crippen LogP contribution is 2.30. The number of fused-ring (bicyclic) bond motifs is 1. The summed E-state index contributed by atoms with van der Waals surface area (Å²) in [5.41, 5.74) is 3.32. The van der Waals surface area contributed by atoms with E-state index in [1.165, 1.54) is 6.07 Å². The maximum absolute atomic E-state index is 13.9. The van der Waals surface area contributed by atoms with E-state index in [2.05, 4.69) is 20.6 Å². The van der Waals surface area contributed by atoms with E-state index < -0.39 is 5.82 Å². The molecule has 7 nitrogen and oxygen atoms in total. The van der Waals surface area contributed by atoms with E-state index in [0.717, 1.165) is 28.4 Å². The first-order valence-electron chi connectivity index (χ1n) is 9.81. The van der Waals surface area contributed by atoms with Gasteiger partial charge < -0.3 is 15.4 Å². The molecule has 0 aliphatic heterocycles. The fourth-order valence-electron chi connectivity index (χ4n) is 3.29. The van der Waals surface area contributed by atoms with Gasteiger partial charge in [0.25, 0.3) is 0 Å². The van der Waals surface area contributed by atoms with E-state index in [-0.39, 0.29) is 18.0 Å². The largest absolute Gasteiger partial charge is 0.497 e. The normalized spacial score (nSPS) is 10.8. The molecule has 158 valence electrons. The molecule has 0 bridgehead atoms. The van der Waals surface area contributed by atoms with Gasteiger partial charge in [0.05, 0.1) is 19.0 Å². The van der Waals surface area contributed by atoms with Crippen molar-refractivity contribution in [2.24, 2.45) is 0 Å². The summed E-state index contributed by atoms with van der Waals surface area (Å²) in [6.07, 6.45) is 5.30. The molecule has 0 fully saturated rings. The van der Waals surface area contributed by atoms with Gasteiger partial charge in [-0.25, -0.2) is 9.37 Å². The van der Waals surface area contributed by atoms with E-state index in [0.29, 0.717) is 12.2 Å². The lowest BCUT2D eigenvalue weighted by Crippen LogP contribution is -2.17. The first kappa shape index (κ1) is 20.3. The molecule has 0 aliphatic carbocycles. The number of methoxy groups -OCH3 is 1.